The van der Waals surface area contributed by atoms with Crippen molar-refractivity contribution in [3.8, 4) is 5.75 Å². The van der Waals surface area contributed by atoms with Crippen LogP contribution in [0.25, 0.3) is 0 Å². The molecule has 0 amide bonds. The molecule has 1 N–H and O–H groups in total. The SMILES string of the molecule is CNC1CCN(S(=O)(=O)c2ccc([N+](=O)[O-])cc2OC)CC1.Cl. The van der Waals surface area contributed by atoms with E-state index in [1.165, 1.54) is 23.5 Å². The van der Waals surface area contributed by atoms with E-state index in [1.807, 2.05) is 7.05 Å². The largest absolute Gasteiger partial charge is 0.495 e. The molecule has 130 valence electrons. The zero-order valence-corrected chi connectivity index (χ0v) is 14.5. The molecular formula is C13H20ClN3O5S. The topological polar surface area (TPSA) is 102 Å². The minimum atomic E-state index is -3.72. The summed E-state index contributed by atoms with van der Waals surface area (Å²) in [6.45, 7) is 0.821. The molecule has 1 aliphatic heterocycles. The molecule has 23 heavy (non-hydrogen) atoms. The van der Waals surface area contributed by atoms with Gasteiger partial charge in [-0.3, -0.25) is 10.1 Å². The first-order valence-corrected chi connectivity index (χ1v) is 8.34. The Labute approximate surface area is 141 Å². The number of rotatable bonds is 5. The molecule has 0 spiro atoms. The van der Waals surface area contributed by atoms with Crippen LogP contribution < -0.4 is 10.1 Å². The van der Waals surface area contributed by atoms with Crippen molar-refractivity contribution >= 4 is 28.1 Å². The molecule has 0 aliphatic carbocycles. The minimum absolute atomic E-state index is 0. The maximum Gasteiger partial charge on any atom is 0.273 e. The van der Waals surface area contributed by atoms with Crippen LogP contribution in [0.5, 0.6) is 5.75 Å². The Kier molecular flexibility index (Phi) is 6.75. The van der Waals surface area contributed by atoms with Crippen molar-refractivity contribution in [1.82, 2.24) is 9.62 Å². The zero-order valence-electron chi connectivity index (χ0n) is 12.9. The van der Waals surface area contributed by atoms with Gasteiger partial charge >= 0.3 is 0 Å². The van der Waals surface area contributed by atoms with Crippen LogP contribution in [0.1, 0.15) is 12.8 Å². The second-order valence-electron chi connectivity index (χ2n) is 5.06. The number of nitrogens with zero attached hydrogens (tertiary/aromatic N) is 2. The van der Waals surface area contributed by atoms with Crippen molar-refractivity contribution < 1.29 is 18.1 Å². The average molecular weight is 366 g/mol. The Bertz CT molecular complexity index is 660. The summed E-state index contributed by atoms with van der Waals surface area (Å²) in [7, 11) is -0.569. The van der Waals surface area contributed by atoms with Crippen LogP contribution in [0.3, 0.4) is 0 Å². The summed E-state index contributed by atoms with van der Waals surface area (Å²) in [6.07, 6.45) is 1.45. The van der Waals surface area contributed by atoms with E-state index >= 15 is 0 Å². The summed E-state index contributed by atoms with van der Waals surface area (Å²) < 4.78 is 31.8. The lowest BCUT2D eigenvalue weighted by Crippen LogP contribution is -2.43. The number of benzene rings is 1. The first-order valence-electron chi connectivity index (χ1n) is 6.90. The molecule has 1 aromatic rings. The predicted octanol–water partition coefficient (Wildman–Crippen LogP) is 1.40. The molecular weight excluding hydrogens is 346 g/mol. The molecule has 8 nitrogen and oxygen atoms in total. The molecule has 1 aromatic carbocycles. The van der Waals surface area contributed by atoms with Crippen molar-refractivity contribution in [3.63, 3.8) is 0 Å². The molecule has 0 bridgehead atoms. The number of nitro benzene ring substituents is 1. The highest BCUT2D eigenvalue weighted by Gasteiger charge is 2.31. The number of nitro groups is 1. The second-order valence-corrected chi connectivity index (χ2v) is 6.97. The third-order valence-electron chi connectivity index (χ3n) is 3.84. The van der Waals surface area contributed by atoms with E-state index in [-0.39, 0.29) is 28.7 Å². The Balaban J connectivity index is 0.00000264. The lowest BCUT2D eigenvalue weighted by Gasteiger charge is -2.31. The van der Waals surface area contributed by atoms with Crippen molar-refractivity contribution in [2.75, 3.05) is 27.2 Å². The number of hydrogen-bond acceptors (Lipinski definition) is 6. The molecule has 0 radical (unpaired) electrons. The van der Waals surface area contributed by atoms with Gasteiger partial charge in [0.1, 0.15) is 10.6 Å². The maximum absolute atomic E-state index is 12.7. The molecule has 0 unspecified atom stereocenters. The lowest BCUT2D eigenvalue weighted by molar-refractivity contribution is -0.385. The van der Waals surface area contributed by atoms with Gasteiger partial charge in [0.25, 0.3) is 5.69 Å². The number of piperidine rings is 1. The Morgan fingerprint density at radius 2 is 1.96 bits per heavy atom. The van der Waals surface area contributed by atoms with Gasteiger partial charge in [0, 0.05) is 25.2 Å². The highest BCUT2D eigenvalue weighted by molar-refractivity contribution is 7.89. The highest BCUT2D eigenvalue weighted by Crippen LogP contribution is 2.31. The van der Waals surface area contributed by atoms with Gasteiger partial charge in [0.2, 0.25) is 10.0 Å². The summed E-state index contributed by atoms with van der Waals surface area (Å²) in [5.41, 5.74) is -0.204. The Morgan fingerprint density at radius 3 is 2.43 bits per heavy atom. The van der Waals surface area contributed by atoms with Crippen LogP contribution in [0.2, 0.25) is 0 Å². The molecule has 2 rings (SSSR count). The molecule has 1 saturated heterocycles. The van der Waals surface area contributed by atoms with Crippen LogP contribution in [0.4, 0.5) is 5.69 Å². The van der Waals surface area contributed by atoms with Gasteiger partial charge in [-0.1, -0.05) is 0 Å². The number of methoxy groups -OCH3 is 1. The molecule has 0 saturated carbocycles. The van der Waals surface area contributed by atoms with Crippen molar-refractivity contribution in [1.29, 1.82) is 0 Å². The van der Waals surface area contributed by atoms with Gasteiger partial charge in [-0.05, 0) is 26.0 Å². The summed E-state index contributed by atoms with van der Waals surface area (Å²) >= 11 is 0. The van der Waals surface area contributed by atoms with Gasteiger partial charge in [0.05, 0.1) is 18.1 Å². The fourth-order valence-corrected chi connectivity index (χ4v) is 4.11. The highest BCUT2D eigenvalue weighted by atomic mass is 35.5. The second kappa shape index (κ2) is 7.91. The molecule has 0 aromatic heterocycles. The third-order valence-corrected chi connectivity index (χ3v) is 5.78. The number of halogens is 1. The van der Waals surface area contributed by atoms with E-state index in [0.717, 1.165) is 18.9 Å². The number of non-ortho nitro benzene ring substituents is 1. The lowest BCUT2D eigenvalue weighted by atomic mass is 10.1. The predicted molar refractivity (Wildman–Crippen MR) is 87.7 cm³/mol. The first kappa shape index (κ1) is 19.6. The smallest absolute Gasteiger partial charge is 0.273 e. The average Bonchev–Trinajstić information content (AvgIpc) is 2.54. The minimum Gasteiger partial charge on any atom is -0.495 e. The van der Waals surface area contributed by atoms with E-state index in [2.05, 4.69) is 5.32 Å². The number of ether oxygens (including phenoxy) is 1. The quantitative estimate of drug-likeness (QED) is 0.625. The first-order chi connectivity index (χ1) is 10.4. The standard InChI is InChI=1S/C13H19N3O5S.ClH/c1-14-10-5-7-15(8-6-10)22(19,20)13-4-3-11(16(17)18)9-12(13)21-2;/h3-4,9-10,14H,5-8H2,1-2H3;1H. The molecule has 1 aliphatic rings. The van der Waals surface area contributed by atoms with Gasteiger partial charge in [0.15, 0.2) is 0 Å². The van der Waals surface area contributed by atoms with Gasteiger partial charge < -0.3 is 10.1 Å². The van der Waals surface area contributed by atoms with E-state index < -0.39 is 14.9 Å². The molecule has 1 fully saturated rings. The van der Waals surface area contributed by atoms with E-state index in [9.17, 15) is 18.5 Å². The Hall–Kier alpha value is -1.42. The number of nitrogens with one attached hydrogen (secondary N) is 1. The fraction of sp³-hybridized carbons (Fsp3) is 0.538. The van der Waals surface area contributed by atoms with E-state index in [0.29, 0.717) is 19.1 Å². The molecule has 1 heterocycles. The van der Waals surface area contributed by atoms with Crippen molar-refractivity contribution in [2.45, 2.75) is 23.8 Å². The third kappa shape index (κ3) is 4.11. The normalized spacial score (nSPS) is 16.6. The summed E-state index contributed by atoms with van der Waals surface area (Å²) in [4.78, 5) is 10.2. The summed E-state index contributed by atoms with van der Waals surface area (Å²) in [6, 6.07) is 3.85. The summed E-state index contributed by atoms with van der Waals surface area (Å²) in [5.74, 6) is -0.00931. The monoisotopic (exact) mass is 365 g/mol. The van der Waals surface area contributed by atoms with Gasteiger partial charge in [-0.25, -0.2) is 8.42 Å². The van der Waals surface area contributed by atoms with Gasteiger partial charge in [-0.15, -0.1) is 12.4 Å². The van der Waals surface area contributed by atoms with Crippen LogP contribution in [-0.4, -0.2) is 50.9 Å². The molecule has 0 atom stereocenters. The molecule has 10 heteroatoms. The van der Waals surface area contributed by atoms with Crippen LogP contribution in [0.15, 0.2) is 23.1 Å². The number of hydrogen-bond donors (Lipinski definition) is 1. The summed E-state index contributed by atoms with van der Waals surface area (Å²) in [5, 5.41) is 13.9. The van der Waals surface area contributed by atoms with Crippen LogP contribution >= 0.6 is 12.4 Å². The van der Waals surface area contributed by atoms with Crippen LogP contribution in [-0.2, 0) is 10.0 Å². The van der Waals surface area contributed by atoms with Crippen LogP contribution in [0, 0.1) is 10.1 Å². The maximum atomic E-state index is 12.7. The van der Waals surface area contributed by atoms with E-state index in [1.54, 1.807) is 0 Å². The van der Waals surface area contributed by atoms with Crippen molar-refractivity contribution in [3.05, 3.63) is 28.3 Å². The zero-order chi connectivity index (χ0) is 16.3. The number of sulfonamides is 1. The van der Waals surface area contributed by atoms with Gasteiger partial charge in [-0.2, -0.15) is 4.31 Å². The van der Waals surface area contributed by atoms with Crippen molar-refractivity contribution in [2.24, 2.45) is 0 Å². The Morgan fingerprint density at radius 1 is 1.35 bits per heavy atom. The van der Waals surface area contributed by atoms with E-state index in [4.69, 9.17) is 4.74 Å². The fourth-order valence-electron chi connectivity index (χ4n) is 2.51.